The van der Waals surface area contributed by atoms with Crippen LogP contribution in [-0.2, 0) is 22.6 Å². The Kier molecular flexibility index (Phi) is 8.47. The third kappa shape index (κ3) is 6.36. The number of carbonyl (C=O) groups is 3. The fraction of sp³-hybridized carbons (Fsp3) is 0.192. The third-order valence-corrected chi connectivity index (χ3v) is 6.97. The first-order valence-corrected chi connectivity index (χ1v) is 12.8. The zero-order valence-electron chi connectivity index (χ0n) is 21.0. The smallest absolute Gasteiger partial charge is 0.307 e. The maximum Gasteiger partial charge on any atom is 0.307 e. The Bertz CT molecular complexity index is 1610. The second kappa shape index (κ2) is 12.0. The molecule has 4 rings (SSSR count). The van der Waals surface area contributed by atoms with Gasteiger partial charge in [-0.25, -0.2) is 0 Å². The molecule has 13 heteroatoms. The third-order valence-electron chi connectivity index (χ3n) is 5.74. The van der Waals surface area contributed by atoms with Crippen LogP contribution in [0.25, 0.3) is 11.3 Å². The van der Waals surface area contributed by atoms with E-state index in [2.05, 4.69) is 15.2 Å². The predicted molar refractivity (Wildman–Crippen MR) is 146 cm³/mol. The molecule has 0 saturated heterocycles. The molecule has 3 N–H and O–H groups in total. The van der Waals surface area contributed by atoms with Crippen molar-refractivity contribution in [1.29, 1.82) is 0 Å². The standard InChI is InChI=1S/C26H24ClN5O6S/c1-37-20-14-31(9-8-24(34)38-2)23(33)11-18(20)19-12-22(29-13-17-6-7-21(27)39-17)32(30-19)26(36)16-5-3-4-15(10-16)25(28)35/h3-7,10-12,14,29H,8-9,13H2,1-2H3,(H2,28,35). The first-order chi connectivity index (χ1) is 18.7. The van der Waals surface area contributed by atoms with E-state index >= 15 is 0 Å². The Hall–Kier alpha value is -4.42. The van der Waals surface area contributed by atoms with E-state index in [1.165, 1.54) is 54.5 Å². The van der Waals surface area contributed by atoms with E-state index < -0.39 is 23.3 Å². The molecule has 1 amide bonds. The molecule has 3 aromatic heterocycles. The number of halogens is 1. The molecule has 0 aliphatic rings. The number of pyridine rings is 1. The van der Waals surface area contributed by atoms with Crippen LogP contribution in [0, 0.1) is 0 Å². The fourth-order valence-corrected chi connectivity index (χ4v) is 4.78. The monoisotopic (exact) mass is 569 g/mol. The van der Waals surface area contributed by atoms with E-state index in [-0.39, 0.29) is 29.8 Å². The minimum atomic E-state index is -0.670. The summed E-state index contributed by atoms with van der Waals surface area (Å²) in [6.45, 7) is 0.449. The lowest BCUT2D eigenvalue weighted by atomic mass is 10.1. The maximum atomic E-state index is 13.5. The van der Waals surface area contributed by atoms with Crippen LogP contribution in [0.15, 0.2) is 59.5 Å². The van der Waals surface area contributed by atoms with Gasteiger partial charge in [0, 0.05) is 40.9 Å². The molecule has 0 fully saturated rings. The van der Waals surface area contributed by atoms with Gasteiger partial charge in [-0.05, 0) is 30.3 Å². The van der Waals surface area contributed by atoms with Crippen molar-refractivity contribution in [2.45, 2.75) is 19.5 Å². The van der Waals surface area contributed by atoms with Gasteiger partial charge >= 0.3 is 5.97 Å². The van der Waals surface area contributed by atoms with E-state index in [1.54, 1.807) is 24.3 Å². The number of aromatic nitrogens is 3. The van der Waals surface area contributed by atoms with Gasteiger partial charge in [-0.3, -0.25) is 19.2 Å². The number of nitrogens with zero attached hydrogens (tertiary/aromatic N) is 3. The van der Waals surface area contributed by atoms with E-state index in [0.29, 0.717) is 28.0 Å². The highest BCUT2D eigenvalue weighted by atomic mass is 35.5. The number of ether oxygens (including phenoxy) is 2. The van der Waals surface area contributed by atoms with Crippen molar-refractivity contribution in [3.8, 4) is 17.0 Å². The average molecular weight is 570 g/mol. The molecular weight excluding hydrogens is 546 g/mol. The average Bonchev–Trinajstić information content (AvgIpc) is 3.56. The summed E-state index contributed by atoms with van der Waals surface area (Å²) in [4.78, 5) is 50.4. The van der Waals surface area contributed by atoms with E-state index in [0.717, 1.165) is 9.56 Å². The van der Waals surface area contributed by atoms with Crippen molar-refractivity contribution in [1.82, 2.24) is 14.3 Å². The number of esters is 1. The number of amides is 1. The minimum Gasteiger partial charge on any atom is -0.495 e. The number of nitrogens with two attached hydrogens (primary N) is 1. The van der Waals surface area contributed by atoms with Gasteiger partial charge in [-0.2, -0.15) is 9.78 Å². The van der Waals surface area contributed by atoms with Gasteiger partial charge in [0.2, 0.25) is 5.91 Å². The first kappa shape index (κ1) is 27.6. The highest BCUT2D eigenvalue weighted by Gasteiger charge is 2.21. The van der Waals surface area contributed by atoms with Crippen LogP contribution >= 0.6 is 22.9 Å². The zero-order valence-corrected chi connectivity index (χ0v) is 22.5. The van der Waals surface area contributed by atoms with Gasteiger partial charge in [0.05, 0.1) is 42.8 Å². The van der Waals surface area contributed by atoms with Crippen LogP contribution in [0.3, 0.4) is 0 Å². The molecule has 0 aliphatic carbocycles. The summed E-state index contributed by atoms with van der Waals surface area (Å²) >= 11 is 7.43. The lowest BCUT2D eigenvalue weighted by Crippen LogP contribution is -2.21. The Morgan fingerprint density at radius 2 is 1.87 bits per heavy atom. The summed E-state index contributed by atoms with van der Waals surface area (Å²) in [5.41, 5.74) is 5.98. The van der Waals surface area contributed by atoms with Crippen molar-refractivity contribution >= 4 is 46.5 Å². The molecule has 1 aromatic carbocycles. The number of anilines is 1. The van der Waals surface area contributed by atoms with Crippen LogP contribution in [0.4, 0.5) is 5.82 Å². The summed E-state index contributed by atoms with van der Waals surface area (Å²) in [5.74, 6) is -1.01. The van der Waals surface area contributed by atoms with E-state index in [1.807, 2.05) is 6.07 Å². The van der Waals surface area contributed by atoms with Crippen molar-refractivity contribution < 1.29 is 23.9 Å². The highest BCUT2D eigenvalue weighted by molar-refractivity contribution is 7.16. The normalized spacial score (nSPS) is 10.7. The number of thiophene rings is 1. The second-order valence-electron chi connectivity index (χ2n) is 8.25. The van der Waals surface area contributed by atoms with Crippen molar-refractivity contribution in [2.24, 2.45) is 5.73 Å². The lowest BCUT2D eigenvalue weighted by molar-refractivity contribution is -0.140. The molecule has 0 aliphatic heterocycles. The Balaban J connectivity index is 1.75. The van der Waals surface area contributed by atoms with Crippen LogP contribution in [0.5, 0.6) is 5.75 Å². The van der Waals surface area contributed by atoms with Gasteiger partial charge in [-0.1, -0.05) is 17.7 Å². The van der Waals surface area contributed by atoms with Crippen molar-refractivity contribution in [3.63, 3.8) is 0 Å². The Morgan fingerprint density at radius 1 is 1.10 bits per heavy atom. The van der Waals surface area contributed by atoms with Crippen molar-refractivity contribution in [2.75, 3.05) is 19.5 Å². The number of hydrogen-bond acceptors (Lipinski definition) is 9. The number of hydrogen-bond donors (Lipinski definition) is 2. The molecule has 202 valence electrons. The molecule has 0 atom stereocenters. The number of rotatable bonds is 10. The summed E-state index contributed by atoms with van der Waals surface area (Å²) in [7, 11) is 2.71. The molecule has 0 spiro atoms. The molecule has 0 saturated carbocycles. The zero-order chi connectivity index (χ0) is 28.1. The Morgan fingerprint density at radius 3 is 2.54 bits per heavy atom. The van der Waals surface area contributed by atoms with Crippen molar-refractivity contribution in [3.05, 3.63) is 85.4 Å². The van der Waals surface area contributed by atoms with Gasteiger partial charge in [0.25, 0.3) is 11.5 Å². The molecular formula is C26H24ClN5O6S. The number of nitrogens with one attached hydrogen (secondary N) is 1. The quantitative estimate of drug-likeness (QED) is 0.276. The summed E-state index contributed by atoms with van der Waals surface area (Å²) in [5, 5.41) is 7.67. The summed E-state index contributed by atoms with van der Waals surface area (Å²) in [6.07, 6.45) is 1.48. The minimum absolute atomic E-state index is 0.00715. The lowest BCUT2D eigenvalue weighted by Gasteiger charge is -2.10. The fourth-order valence-electron chi connectivity index (χ4n) is 3.75. The van der Waals surface area contributed by atoms with E-state index in [4.69, 9.17) is 22.1 Å². The largest absolute Gasteiger partial charge is 0.495 e. The van der Waals surface area contributed by atoms with Crippen LogP contribution < -0.4 is 21.3 Å². The predicted octanol–water partition coefficient (Wildman–Crippen LogP) is 3.40. The van der Waals surface area contributed by atoms with Crippen LogP contribution in [-0.4, -0.2) is 46.4 Å². The maximum absolute atomic E-state index is 13.5. The number of benzene rings is 1. The SMILES string of the molecule is COC(=O)CCn1cc(OC)c(-c2cc(NCc3ccc(Cl)s3)n(C(=O)c3cccc(C(N)=O)c3)n2)cc1=O. The molecule has 0 radical (unpaired) electrons. The number of methoxy groups -OCH3 is 2. The van der Waals surface area contributed by atoms with Gasteiger partial charge in [0.15, 0.2) is 0 Å². The Labute approximate surface area is 231 Å². The number of carbonyl (C=O) groups excluding carboxylic acids is 3. The molecule has 39 heavy (non-hydrogen) atoms. The van der Waals surface area contributed by atoms with Gasteiger partial charge in [-0.15, -0.1) is 11.3 Å². The molecule has 0 bridgehead atoms. The highest BCUT2D eigenvalue weighted by Crippen LogP contribution is 2.30. The summed E-state index contributed by atoms with van der Waals surface area (Å²) in [6, 6.07) is 12.6. The first-order valence-electron chi connectivity index (χ1n) is 11.6. The number of primary amides is 1. The molecule has 11 nitrogen and oxygen atoms in total. The molecule has 3 heterocycles. The molecule has 0 unspecified atom stereocenters. The summed E-state index contributed by atoms with van der Waals surface area (Å²) < 4.78 is 13.2. The molecule has 4 aromatic rings. The second-order valence-corrected chi connectivity index (χ2v) is 10.0. The van der Waals surface area contributed by atoms with Crippen LogP contribution in [0.1, 0.15) is 32.0 Å². The number of aryl methyl sites for hydroxylation is 1. The van der Waals surface area contributed by atoms with Crippen LogP contribution in [0.2, 0.25) is 4.34 Å². The topological polar surface area (TPSA) is 148 Å². The van der Waals surface area contributed by atoms with Gasteiger partial charge in [0.1, 0.15) is 11.6 Å². The van der Waals surface area contributed by atoms with E-state index in [9.17, 15) is 19.2 Å². The van der Waals surface area contributed by atoms with Gasteiger partial charge < -0.3 is 25.1 Å².